The van der Waals surface area contributed by atoms with Gasteiger partial charge in [0.2, 0.25) is 0 Å². The maximum absolute atomic E-state index is 8.91. The molecule has 0 aliphatic carbocycles. The van der Waals surface area contributed by atoms with Gasteiger partial charge in [-0.3, -0.25) is 5.84 Å². The maximum Gasteiger partial charge on any atom is 0.0697 e. The molecule has 3 N–H and O–H groups in total. The summed E-state index contributed by atoms with van der Waals surface area (Å²) in [6.07, 6.45) is -0.282. The molecular weight excluding hydrogens is 104 g/mol. The lowest BCUT2D eigenvalue weighted by molar-refractivity contribution is 0.174. The summed E-state index contributed by atoms with van der Waals surface area (Å²) < 4.78 is 0. The molecule has 0 aromatic heterocycles. The zero-order chi connectivity index (χ0) is 6.31. The van der Waals surface area contributed by atoms with Crippen molar-refractivity contribution in [2.75, 3.05) is 0 Å². The summed E-state index contributed by atoms with van der Waals surface area (Å²) in [6.45, 7) is 3.76. The smallest absolute Gasteiger partial charge is 0.0697 e. The van der Waals surface area contributed by atoms with E-state index in [1.165, 1.54) is 0 Å². The summed E-state index contributed by atoms with van der Waals surface area (Å²) in [5.41, 5.74) is 0. The predicted molar refractivity (Wildman–Crippen MR) is 31.0 cm³/mol. The fraction of sp³-hybridized carbons (Fsp3) is 1.00. The van der Waals surface area contributed by atoms with Gasteiger partial charge in [0.25, 0.3) is 0 Å². The highest BCUT2D eigenvalue weighted by Gasteiger charge is 2.44. The minimum atomic E-state index is -0.282. The first kappa shape index (κ1) is 6.01. The van der Waals surface area contributed by atoms with E-state index in [9.17, 15) is 0 Å². The first-order valence-electron chi connectivity index (χ1n) is 2.85. The van der Waals surface area contributed by atoms with Gasteiger partial charge >= 0.3 is 0 Å². The molecule has 0 aromatic carbocycles. The lowest BCUT2D eigenvalue weighted by atomic mass is 10.2. The normalized spacial score (nSPS) is 48.8. The van der Waals surface area contributed by atoms with Crippen LogP contribution < -0.4 is 5.84 Å². The Morgan fingerprint density at radius 1 is 1.75 bits per heavy atom. The Morgan fingerprint density at radius 3 is 2.12 bits per heavy atom. The van der Waals surface area contributed by atoms with Gasteiger partial charge in [-0.15, -0.1) is 0 Å². The molecule has 1 aliphatic rings. The van der Waals surface area contributed by atoms with Gasteiger partial charge in [-0.25, -0.2) is 5.01 Å². The van der Waals surface area contributed by atoms with E-state index in [-0.39, 0.29) is 12.1 Å². The Morgan fingerprint density at radius 2 is 2.12 bits per heavy atom. The molecule has 0 radical (unpaired) electrons. The second-order valence-corrected chi connectivity index (χ2v) is 2.42. The SMILES string of the molecule is C[C@H](O)[C@@H]1[C@H](C)N1N. The number of aliphatic hydroxyl groups is 1. The summed E-state index contributed by atoms with van der Waals surface area (Å²) >= 11 is 0. The van der Waals surface area contributed by atoms with E-state index in [0.29, 0.717) is 6.04 Å². The molecule has 48 valence electrons. The van der Waals surface area contributed by atoms with Crippen molar-refractivity contribution in [1.29, 1.82) is 0 Å². The average Bonchev–Trinajstić information content (AvgIpc) is 2.15. The largest absolute Gasteiger partial charge is 0.392 e. The van der Waals surface area contributed by atoms with E-state index in [1.54, 1.807) is 11.9 Å². The molecule has 0 saturated carbocycles. The van der Waals surface area contributed by atoms with Crippen molar-refractivity contribution in [3.63, 3.8) is 0 Å². The molecule has 1 saturated heterocycles. The highest BCUT2D eigenvalue weighted by molar-refractivity contribution is 4.98. The summed E-state index contributed by atoms with van der Waals surface area (Å²) in [5, 5.41) is 10.6. The first-order chi connectivity index (χ1) is 3.64. The van der Waals surface area contributed by atoms with E-state index in [0.717, 1.165) is 0 Å². The molecule has 1 fully saturated rings. The summed E-state index contributed by atoms with van der Waals surface area (Å²) in [5.74, 6) is 5.38. The van der Waals surface area contributed by atoms with Crippen LogP contribution in [-0.4, -0.2) is 28.3 Å². The fourth-order valence-corrected chi connectivity index (χ4v) is 1.05. The van der Waals surface area contributed by atoms with E-state index in [2.05, 4.69) is 0 Å². The van der Waals surface area contributed by atoms with Gasteiger partial charge < -0.3 is 5.11 Å². The van der Waals surface area contributed by atoms with Crippen LogP contribution in [0.4, 0.5) is 0 Å². The van der Waals surface area contributed by atoms with Crippen LogP contribution in [0.5, 0.6) is 0 Å². The number of aliphatic hydroxyl groups excluding tert-OH is 1. The van der Waals surface area contributed by atoms with Gasteiger partial charge in [-0.05, 0) is 13.8 Å². The van der Waals surface area contributed by atoms with E-state index in [1.807, 2.05) is 6.92 Å². The predicted octanol–water partition coefficient (Wildman–Crippen LogP) is -0.686. The van der Waals surface area contributed by atoms with Crippen LogP contribution in [0.3, 0.4) is 0 Å². The second kappa shape index (κ2) is 1.69. The van der Waals surface area contributed by atoms with Crippen LogP contribution >= 0.6 is 0 Å². The van der Waals surface area contributed by atoms with Crippen molar-refractivity contribution < 1.29 is 5.11 Å². The summed E-state index contributed by atoms with van der Waals surface area (Å²) in [4.78, 5) is 0. The molecule has 0 aromatic rings. The van der Waals surface area contributed by atoms with Crippen LogP contribution in [-0.2, 0) is 0 Å². The number of rotatable bonds is 1. The molecule has 3 heteroatoms. The minimum Gasteiger partial charge on any atom is -0.392 e. The highest BCUT2D eigenvalue weighted by Crippen LogP contribution is 2.24. The lowest BCUT2D eigenvalue weighted by Crippen LogP contribution is -2.18. The molecule has 0 amide bonds. The third kappa shape index (κ3) is 0.727. The van der Waals surface area contributed by atoms with Crippen LogP contribution in [0.15, 0.2) is 0 Å². The quantitative estimate of drug-likeness (QED) is 0.352. The van der Waals surface area contributed by atoms with Crippen molar-refractivity contribution >= 4 is 0 Å². The molecule has 1 aliphatic heterocycles. The zero-order valence-electron chi connectivity index (χ0n) is 5.20. The van der Waals surface area contributed by atoms with Crippen LogP contribution in [0, 0.1) is 0 Å². The maximum atomic E-state index is 8.91. The number of hydrogen-bond acceptors (Lipinski definition) is 3. The van der Waals surface area contributed by atoms with Crippen molar-refractivity contribution in [3.05, 3.63) is 0 Å². The fourth-order valence-electron chi connectivity index (χ4n) is 1.05. The van der Waals surface area contributed by atoms with Gasteiger partial charge in [0.15, 0.2) is 0 Å². The molecule has 0 spiro atoms. The summed E-state index contributed by atoms with van der Waals surface area (Å²) in [7, 11) is 0. The number of hydrogen-bond donors (Lipinski definition) is 2. The molecule has 8 heavy (non-hydrogen) atoms. The van der Waals surface area contributed by atoms with Crippen molar-refractivity contribution in [1.82, 2.24) is 5.01 Å². The number of nitrogens with zero attached hydrogens (tertiary/aromatic N) is 1. The third-order valence-corrected chi connectivity index (χ3v) is 1.71. The van der Waals surface area contributed by atoms with E-state index >= 15 is 0 Å². The summed E-state index contributed by atoms with van der Waals surface area (Å²) in [6, 6.07) is 0.574. The molecule has 0 bridgehead atoms. The molecule has 1 heterocycles. The van der Waals surface area contributed by atoms with Crippen molar-refractivity contribution in [2.45, 2.75) is 32.0 Å². The molecule has 4 atom stereocenters. The highest BCUT2D eigenvalue weighted by atomic mass is 16.3. The van der Waals surface area contributed by atoms with E-state index < -0.39 is 0 Å². The zero-order valence-corrected chi connectivity index (χ0v) is 5.20. The number of nitrogens with two attached hydrogens (primary N) is 1. The van der Waals surface area contributed by atoms with Crippen LogP contribution in [0.1, 0.15) is 13.8 Å². The molecule has 1 rings (SSSR count). The average molecular weight is 116 g/mol. The monoisotopic (exact) mass is 116 g/mol. The van der Waals surface area contributed by atoms with Crippen molar-refractivity contribution in [2.24, 2.45) is 5.84 Å². The van der Waals surface area contributed by atoms with Gasteiger partial charge in [0, 0.05) is 6.04 Å². The standard InChI is InChI=1S/C5H12N2O/c1-3-5(4(2)8)7(3)6/h3-5,8H,6H2,1-2H3/t3-,4-,5-,7?/m0/s1. The van der Waals surface area contributed by atoms with Crippen molar-refractivity contribution in [3.8, 4) is 0 Å². The minimum absolute atomic E-state index is 0.204. The number of hydrazine groups is 1. The topological polar surface area (TPSA) is 49.3 Å². The Balaban J connectivity index is 2.33. The Bertz CT molecular complexity index is 79.7. The molecular formula is C5H12N2O. The van der Waals surface area contributed by atoms with Crippen LogP contribution in [0.2, 0.25) is 0 Å². The Hall–Kier alpha value is -0.120. The lowest BCUT2D eigenvalue weighted by Gasteiger charge is -1.97. The van der Waals surface area contributed by atoms with Crippen LogP contribution in [0.25, 0.3) is 0 Å². The second-order valence-electron chi connectivity index (χ2n) is 2.42. The third-order valence-electron chi connectivity index (χ3n) is 1.71. The van der Waals surface area contributed by atoms with E-state index in [4.69, 9.17) is 10.9 Å². The van der Waals surface area contributed by atoms with Gasteiger partial charge in [0.1, 0.15) is 0 Å². The van der Waals surface area contributed by atoms with Gasteiger partial charge in [-0.1, -0.05) is 0 Å². The van der Waals surface area contributed by atoms with Gasteiger partial charge in [-0.2, -0.15) is 0 Å². The first-order valence-corrected chi connectivity index (χ1v) is 2.85. The molecule has 3 nitrogen and oxygen atoms in total. The molecule has 1 unspecified atom stereocenters. The Labute approximate surface area is 49.1 Å². The van der Waals surface area contributed by atoms with Gasteiger partial charge in [0.05, 0.1) is 12.1 Å². The Kier molecular flexibility index (Phi) is 1.27.